The maximum Gasteiger partial charge on any atom is 0.306 e. The van der Waals surface area contributed by atoms with E-state index in [1.165, 1.54) is 0 Å². The minimum Gasteiger partial charge on any atom is -0.481 e. The molecule has 1 fully saturated rings. The molecule has 13 heavy (non-hydrogen) atoms. The fourth-order valence-corrected chi connectivity index (χ4v) is 2.10. The summed E-state index contributed by atoms with van der Waals surface area (Å²) in [6.07, 6.45) is 4.66. The average molecular weight is 186 g/mol. The van der Waals surface area contributed by atoms with Crippen LogP contribution in [0.25, 0.3) is 0 Å². The number of aliphatic hydroxyl groups is 1. The Morgan fingerprint density at radius 2 is 2.00 bits per heavy atom. The van der Waals surface area contributed by atoms with Crippen LogP contribution in [0.15, 0.2) is 0 Å². The van der Waals surface area contributed by atoms with E-state index in [4.69, 9.17) is 5.11 Å². The van der Waals surface area contributed by atoms with Crippen LogP contribution in [0.5, 0.6) is 0 Å². The van der Waals surface area contributed by atoms with Gasteiger partial charge in [-0.15, -0.1) is 0 Å². The average Bonchev–Trinajstić information content (AvgIpc) is 2.48. The van der Waals surface area contributed by atoms with Gasteiger partial charge in [-0.25, -0.2) is 0 Å². The second-order valence-corrected chi connectivity index (χ2v) is 4.08. The lowest BCUT2D eigenvalue weighted by molar-refractivity contribution is -0.144. The zero-order valence-electron chi connectivity index (χ0n) is 8.12. The van der Waals surface area contributed by atoms with Gasteiger partial charge in [0.1, 0.15) is 0 Å². The monoisotopic (exact) mass is 186 g/mol. The van der Waals surface area contributed by atoms with E-state index in [0.29, 0.717) is 12.8 Å². The molecule has 0 amide bonds. The molecule has 3 heteroatoms. The van der Waals surface area contributed by atoms with Crippen LogP contribution in [0.3, 0.4) is 0 Å². The molecule has 1 saturated carbocycles. The molecule has 76 valence electrons. The van der Waals surface area contributed by atoms with Crippen LogP contribution in [0.4, 0.5) is 0 Å². The first kappa shape index (κ1) is 10.5. The maximum atomic E-state index is 10.7. The quantitative estimate of drug-likeness (QED) is 0.703. The van der Waals surface area contributed by atoms with Crippen LogP contribution < -0.4 is 0 Å². The molecule has 0 aromatic heterocycles. The molecule has 1 aliphatic rings. The molecule has 1 unspecified atom stereocenters. The second-order valence-electron chi connectivity index (χ2n) is 4.08. The molecule has 2 N–H and O–H groups in total. The third-order valence-electron chi connectivity index (χ3n) is 3.00. The Hall–Kier alpha value is -0.570. The van der Waals surface area contributed by atoms with Gasteiger partial charge in [-0.05, 0) is 25.7 Å². The van der Waals surface area contributed by atoms with Gasteiger partial charge in [-0.3, -0.25) is 4.79 Å². The third-order valence-corrected chi connectivity index (χ3v) is 3.00. The van der Waals surface area contributed by atoms with Crippen molar-refractivity contribution < 1.29 is 15.0 Å². The van der Waals surface area contributed by atoms with Crippen LogP contribution in [-0.2, 0) is 4.79 Å². The van der Waals surface area contributed by atoms with Gasteiger partial charge in [0.25, 0.3) is 0 Å². The smallest absolute Gasteiger partial charge is 0.306 e. The van der Waals surface area contributed by atoms with Crippen molar-refractivity contribution in [2.45, 2.75) is 51.0 Å². The van der Waals surface area contributed by atoms with E-state index in [-0.39, 0.29) is 5.92 Å². The standard InChI is InChI=1S/C10H18O3/c1-2-8(9(11)12)7-10(13)5-3-4-6-10/h8,13H,2-7H2,1H3,(H,11,12). The molecule has 0 bridgehead atoms. The number of carbonyl (C=O) groups is 1. The Kier molecular flexibility index (Phi) is 3.31. The molecule has 0 spiro atoms. The van der Waals surface area contributed by atoms with E-state index >= 15 is 0 Å². The summed E-state index contributed by atoms with van der Waals surface area (Å²) in [5.74, 6) is -1.15. The maximum absolute atomic E-state index is 10.7. The van der Waals surface area contributed by atoms with Crippen molar-refractivity contribution >= 4 is 5.97 Å². The lowest BCUT2D eigenvalue weighted by Crippen LogP contribution is -2.30. The van der Waals surface area contributed by atoms with E-state index in [1.54, 1.807) is 0 Å². The predicted molar refractivity (Wildman–Crippen MR) is 49.5 cm³/mol. The minimum atomic E-state index is -0.775. The van der Waals surface area contributed by atoms with Crippen LogP contribution in [0, 0.1) is 5.92 Å². The molecule has 0 aromatic rings. The van der Waals surface area contributed by atoms with Crippen LogP contribution in [0.1, 0.15) is 45.4 Å². The van der Waals surface area contributed by atoms with Crippen molar-refractivity contribution in [3.63, 3.8) is 0 Å². The summed E-state index contributed by atoms with van der Waals surface area (Å²) in [6.45, 7) is 1.86. The highest BCUT2D eigenvalue weighted by atomic mass is 16.4. The number of aliphatic carboxylic acids is 1. The Bertz CT molecular complexity index is 183. The van der Waals surface area contributed by atoms with Crippen molar-refractivity contribution in [3.05, 3.63) is 0 Å². The topological polar surface area (TPSA) is 57.5 Å². The summed E-state index contributed by atoms with van der Waals surface area (Å²) in [7, 11) is 0. The molecule has 1 aliphatic carbocycles. The molecular formula is C10H18O3. The molecule has 1 rings (SSSR count). The SMILES string of the molecule is CCC(CC1(O)CCCC1)C(=O)O. The van der Waals surface area contributed by atoms with Gasteiger partial charge in [0, 0.05) is 0 Å². The normalized spacial score (nSPS) is 22.9. The highest BCUT2D eigenvalue weighted by Gasteiger charge is 2.35. The first-order chi connectivity index (χ1) is 6.07. The molecule has 1 atom stereocenters. The minimum absolute atomic E-state index is 0.372. The second kappa shape index (κ2) is 4.09. The largest absolute Gasteiger partial charge is 0.481 e. The van der Waals surface area contributed by atoms with E-state index in [1.807, 2.05) is 6.92 Å². The van der Waals surface area contributed by atoms with Crippen molar-refractivity contribution in [1.29, 1.82) is 0 Å². The van der Waals surface area contributed by atoms with Crippen molar-refractivity contribution in [2.75, 3.05) is 0 Å². The molecular weight excluding hydrogens is 168 g/mol. The Balaban J connectivity index is 2.49. The predicted octanol–water partition coefficient (Wildman–Crippen LogP) is 1.79. The van der Waals surface area contributed by atoms with Crippen LogP contribution in [-0.4, -0.2) is 21.8 Å². The summed E-state index contributed by atoms with van der Waals surface area (Å²) in [6, 6.07) is 0. The molecule has 3 nitrogen and oxygen atoms in total. The van der Waals surface area contributed by atoms with Gasteiger partial charge >= 0.3 is 5.97 Å². The van der Waals surface area contributed by atoms with E-state index in [0.717, 1.165) is 25.7 Å². The molecule has 0 aliphatic heterocycles. The van der Waals surface area contributed by atoms with Crippen molar-refractivity contribution in [1.82, 2.24) is 0 Å². The van der Waals surface area contributed by atoms with Gasteiger partial charge in [0.05, 0.1) is 11.5 Å². The molecule has 0 aromatic carbocycles. The van der Waals surface area contributed by atoms with Gasteiger partial charge in [-0.1, -0.05) is 19.8 Å². The van der Waals surface area contributed by atoms with Gasteiger partial charge < -0.3 is 10.2 Å². The molecule has 0 saturated heterocycles. The van der Waals surface area contributed by atoms with Crippen molar-refractivity contribution in [2.24, 2.45) is 5.92 Å². The van der Waals surface area contributed by atoms with Gasteiger partial charge in [0.2, 0.25) is 0 Å². The Morgan fingerprint density at radius 3 is 2.38 bits per heavy atom. The highest BCUT2D eigenvalue weighted by Crippen LogP contribution is 2.35. The fourth-order valence-electron chi connectivity index (χ4n) is 2.10. The van der Waals surface area contributed by atoms with Crippen LogP contribution in [0.2, 0.25) is 0 Å². The van der Waals surface area contributed by atoms with Gasteiger partial charge in [-0.2, -0.15) is 0 Å². The summed E-state index contributed by atoms with van der Waals surface area (Å²) in [5, 5.41) is 18.8. The number of rotatable bonds is 4. The number of carboxylic acids is 1. The lowest BCUT2D eigenvalue weighted by Gasteiger charge is -2.25. The third kappa shape index (κ3) is 2.69. The zero-order chi connectivity index (χ0) is 9.90. The number of hydrogen-bond acceptors (Lipinski definition) is 2. The highest BCUT2D eigenvalue weighted by molar-refractivity contribution is 5.70. The van der Waals surface area contributed by atoms with Crippen LogP contribution >= 0.6 is 0 Å². The summed E-state index contributed by atoms with van der Waals surface area (Å²) in [5.41, 5.74) is -0.681. The Morgan fingerprint density at radius 1 is 1.46 bits per heavy atom. The summed E-state index contributed by atoms with van der Waals surface area (Å²) >= 11 is 0. The molecule has 0 heterocycles. The van der Waals surface area contributed by atoms with Crippen molar-refractivity contribution in [3.8, 4) is 0 Å². The summed E-state index contributed by atoms with van der Waals surface area (Å²) < 4.78 is 0. The number of hydrogen-bond donors (Lipinski definition) is 2. The van der Waals surface area contributed by atoms with E-state index < -0.39 is 11.6 Å². The first-order valence-corrected chi connectivity index (χ1v) is 5.02. The van der Waals surface area contributed by atoms with Gasteiger partial charge in [0.15, 0.2) is 0 Å². The number of carboxylic acid groups (broad SMARTS) is 1. The zero-order valence-corrected chi connectivity index (χ0v) is 8.12. The Labute approximate surface area is 78.8 Å². The first-order valence-electron chi connectivity index (χ1n) is 5.02. The lowest BCUT2D eigenvalue weighted by atomic mass is 9.88. The van der Waals surface area contributed by atoms with E-state index in [2.05, 4.69) is 0 Å². The fraction of sp³-hybridized carbons (Fsp3) is 0.900. The summed E-state index contributed by atoms with van der Waals surface area (Å²) in [4.78, 5) is 10.7. The molecule has 0 radical (unpaired) electrons. The van der Waals surface area contributed by atoms with E-state index in [9.17, 15) is 9.90 Å².